The van der Waals surface area contributed by atoms with E-state index in [2.05, 4.69) is 39.9 Å². The number of benzene rings is 1. The summed E-state index contributed by atoms with van der Waals surface area (Å²) in [4.78, 5) is 14.9. The van der Waals surface area contributed by atoms with Crippen molar-refractivity contribution < 1.29 is 9.53 Å². The lowest BCUT2D eigenvalue weighted by atomic mass is 10.1. The molecule has 0 saturated carbocycles. The number of rotatable bonds is 5. The third kappa shape index (κ3) is 5.07. The Kier molecular flexibility index (Phi) is 5.08. The number of aromatic nitrogens is 1. The summed E-state index contributed by atoms with van der Waals surface area (Å²) in [5, 5.41) is 7.37. The van der Waals surface area contributed by atoms with Crippen LogP contribution in [-0.4, -0.2) is 29.3 Å². The molecule has 0 bridgehead atoms. The molecular weight excluding hydrogens is 278 g/mol. The van der Waals surface area contributed by atoms with E-state index in [0.717, 1.165) is 12.1 Å². The molecule has 1 aromatic heterocycles. The number of hydrogen-bond donors (Lipinski definition) is 3. The lowest BCUT2D eigenvalue weighted by Gasteiger charge is -2.22. The van der Waals surface area contributed by atoms with E-state index < -0.39 is 5.60 Å². The van der Waals surface area contributed by atoms with Crippen molar-refractivity contribution in [2.45, 2.75) is 45.9 Å². The topological polar surface area (TPSA) is 66.2 Å². The third-order valence-electron chi connectivity index (χ3n) is 3.16. The number of alkyl carbamates (subject to hydrolysis) is 1. The molecule has 0 aliphatic heterocycles. The van der Waals surface area contributed by atoms with E-state index in [9.17, 15) is 4.79 Å². The zero-order valence-corrected chi connectivity index (χ0v) is 13.7. The molecule has 0 aliphatic carbocycles. The molecule has 0 radical (unpaired) electrons. The number of ether oxygens (including phenoxy) is 1. The number of nitrogens with one attached hydrogen (secondary N) is 3. The Hall–Kier alpha value is -2.01. The summed E-state index contributed by atoms with van der Waals surface area (Å²) in [6.07, 6.45) is 1.56. The molecule has 2 rings (SSSR count). The minimum Gasteiger partial charge on any atom is -0.444 e. The van der Waals surface area contributed by atoms with Crippen LogP contribution in [0.25, 0.3) is 10.9 Å². The summed E-state index contributed by atoms with van der Waals surface area (Å²) in [5.74, 6) is 0. The van der Waals surface area contributed by atoms with Crippen LogP contribution in [0.3, 0.4) is 0 Å². The second kappa shape index (κ2) is 6.83. The standard InChI is InChI=1S/C17H25N3O2/c1-12(20-16(21)22-17(2,3)4)10-18-11-13-5-6-14-7-8-19-15(14)9-13/h5-9,12,18-19H,10-11H2,1-4H3,(H,20,21). The molecule has 1 heterocycles. The minimum atomic E-state index is -0.470. The minimum absolute atomic E-state index is 0.00377. The van der Waals surface area contributed by atoms with Crippen molar-refractivity contribution in [1.82, 2.24) is 15.6 Å². The van der Waals surface area contributed by atoms with E-state index in [1.807, 2.05) is 33.9 Å². The van der Waals surface area contributed by atoms with Gasteiger partial charge in [-0.15, -0.1) is 0 Å². The summed E-state index contributed by atoms with van der Waals surface area (Å²) in [6, 6.07) is 8.40. The Morgan fingerprint density at radius 2 is 2.09 bits per heavy atom. The largest absolute Gasteiger partial charge is 0.444 e. The first-order chi connectivity index (χ1) is 10.3. The second-order valence-corrected chi connectivity index (χ2v) is 6.58. The normalized spacial score (nSPS) is 13.1. The predicted octanol–water partition coefficient (Wildman–Crippen LogP) is 3.17. The van der Waals surface area contributed by atoms with Crippen molar-refractivity contribution in [3.05, 3.63) is 36.0 Å². The molecule has 0 aliphatic rings. The van der Waals surface area contributed by atoms with Gasteiger partial charge in [-0.3, -0.25) is 0 Å². The molecule has 5 nitrogen and oxygen atoms in total. The molecule has 3 N–H and O–H groups in total. The molecular formula is C17H25N3O2. The van der Waals surface area contributed by atoms with Crippen molar-refractivity contribution in [3.8, 4) is 0 Å². The Morgan fingerprint density at radius 1 is 1.32 bits per heavy atom. The van der Waals surface area contributed by atoms with Gasteiger partial charge in [0.2, 0.25) is 0 Å². The van der Waals surface area contributed by atoms with Crippen LogP contribution in [0, 0.1) is 0 Å². The summed E-state index contributed by atoms with van der Waals surface area (Å²) < 4.78 is 5.23. The summed E-state index contributed by atoms with van der Waals surface area (Å²) in [6.45, 7) is 8.95. The Morgan fingerprint density at radius 3 is 2.82 bits per heavy atom. The fourth-order valence-electron chi connectivity index (χ4n) is 2.20. The van der Waals surface area contributed by atoms with Gasteiger partial charge in [-0.2, -0.15) is 0 Å². The quantitative estimate of drug-likeness (QED) is 0.795. The maximum Gasteiger partial charge on any atom is 0.407 e. The van der Waals surface area contributed by atoms with Gasteiger partial charge < -0.3 is 20.4 Å². The average Bonchev–Trinajstić information content (AvgIpc) is 2.83. The second-order valence-electron chi connectivity index (χ2n) is 6.58. The fourth-order valence-corrected chi connectivity index (χ4v) is 2.20. The number of fused-ring (bicyclic) bond motifs is 1. The molecule has 5 heteroatoms. The van der Waals surface area contributed by atoms with Gasteiger partial charge in [-0.25, -0.2) is 4.79 Å². The third-order valence-corrected chi connectivity index (χ3v) is 3.16. The van der Waals surface area contributed by atoms with Gasteiger partial charge in [0, 0.05) is 30.8 Å². The van der Waals surface area contributed by atoms with Crippen molar-refractivity contribution in [1.29, 1.82) is 0 Å². The monoisotopic (exact) mass is 303 g/mol. The van der Waals surface area contributed by atoms with Gasteiger partial charge >= 0.3 is 6.09 Å². The first kappa shape index (κ1) is 16.4. The molecule has 0 spiro atoms. The van der Waals surface area contributed by atoms with E-state index in [0.29, 0.717) is 6.54 Å². The number of amides is 1. The highest BCUT2D eigenvalue weighted by Gasteiger charge is 2.17. The van der Waals surface area contributed by atoms with Crippen LogP contribution < -0.4 is 10.6 Å². The van der Waals surface area contributed by atoms with E-state index in [1.165, 1.54) is 10.9 Å². The number of hydrogen-bond acceptors (Lipinski definition) is 3. The highest BCUT2D eigenvalue weighted by atomic mass is 16.6. The number of carbonyl (C=O) groups is 1. The van der Waals surface area contributed by atoms with Gasteiger partial charge in [0.15, 0.2) is 0 Å². The lowest BCUT2D eigenvalue weighted by molar-refractivity contribution is 0.0508. The van der Waals surface area contributed by atoms with Crippen molar-refractivity contribution in [3.63, 3.8) is 0 Å². The molecule has 0 saturated heterocycles. The highest BCUT2D eigenvalue weighted by Crippen LogP contribution is 2.13. The smallest absolute Gasteiger partial charge is 0.407 e. The highest BCUT2D eigenvalue weighted by molar-refractivity contribution is 5.79. The maximum absolute atomic E-state index is 11.7. The maximum atomic E-state index is 11.7. The van der Waals surface area contributed by atoms with Crippen LogP contribution in [0.1, 0.15) is 33.3 Å². The van der Waals surface area contributed by atoms with Gasteiger partial charge in [0.05, 0.1) is 0 Å². The first-order valence-electron chi connectivity index (χ1n) is 7.60. The van der Waals surface area contributed by atoms with E-state index in [4.69, 9.17) is 4.74 Å². The zero-order chi connectivity index (χ0) is 16.2. The molecule has 1 amide bonds. The number of H-pyrrole nitrogens is 1. The lowest BCUT2D eigenvalue weighted by Crippen LogP contribution is -2.42. The number of aromatic amines is 1. The molecule has 1 unspecified atom stereocenters. The fraction of sp³-hybridized carbons (Fsp3) is 0.471. The Balaban J connectivity index is 1.74. The molecule has 0 fully saturated rings. The van der Waals surface area contributed by atoms with Crippen LogP contribution in [0.5, 0.6) is 0 Å². The zero-order valence-electron chi connectivity index (χ0n) is 13.7. The molecule has 22 heavy (non-hydrogen) atoms. The first-order valence-corrected chi connectivity index (χ1v) is 7.60. The molecule has 2 aromatic rings. The van der Waals surface area contributed by atoms with E-state index in [-0.39, 0.29) is 12.1 Å². The average molecular weight is 303 g/mol. The Bertz CT molecular complexity index is 628. The summed E-state index contributed by atoms with van der Waals surface area (Å²) in [7, 11) is 0. The van der Waals surface area contributed by atoms with Gasteiger partial charge in [0.1, 0.15) is 5.60 Å². The van der Waals surface area contributed by atoms with Crippen LogP contribution in [-0.2, 0) is 11.3 Å². The van der Waals surface area contributed by atoms with Gasteiger partial charge in [0.25, 0.3) is 0 Å². The summed E-state index contributed by atoms with van der Waals surface area (Å²) >= 11 is 0. The molecule has 1 atom stereocenters. The van der Waals surface area contributed by atoms with Gasteiger partial charge in [-0.05, 0) is 50.8 Å². The molecule has 1 aromatic carbocycles. The number of carbonyl (C=O) groups excluding carboxylic acids is 1. The van der Waals surface area contributed by atoms with E-state index in [1.54, 1.807) is 0 Å². The van der Waals surface area contributed by atoms with E-state index >= 15 is 0 Å². The van der Waals surface area contributed by atoms with Crippen LogP contribution in [0.4, 0.5) is 4.79 Å². The summed E-state index contributed by atoms with van der Waals surface area (Å²) in [5.41, 5.74) is 1.88. The SMILES string of the molecule is CC(CNCc1ccc2cc[nH]c2c1)NC(=O)OC(C)(C)C. The van der Waals surface area contributed by atoms with Crippen molar-refractivity contribution in [2.24, 2.45) is 0 Å². The van der Waals surface area contributed by atoms with Crippen molar-refractivity contribution >= 4 is 17.0 Å². The predicted molar refractivity (Wildman–Crippen MR) is 88.8 cm³/mol. The van der Waals surface area contributed by atoms with Crippen LogP contribution >= 0.6 is 0 Å². The van der Waals surface area contributed by atoms with Crippen LogP contribution in [0.15, 0.2) is 30.5 Å². The van der Waals surface area contributed by atoms with Crippen LogP contribution in [0.2, 0.25) is 0 Å². The molecule has 120 valence electrons. The van der Waals surface area contributed by atoms with Crippen molar-refractivity contribution in [2.75, 3.05) is 6.54 Å². The Labute approximate surface area is 131 Å². The van der Waals surface area contributed by atoms with Gasteiger partial charge in [-0.1, -0.05) is 12.1 Å².